The summed E-state index contributed by atoms with van der Waals surface area (Å²) in [6.45, 7) is 0.380. The Hall–Kier alpha value is -3.82. The van der Waals surface area contributed by atoms with Crippen LogP contribution in [0.1, 0.15) is 34.8 Å². The van der Waals surface area contributed by atoms with E-state index in [2.05, 4.69) is 9.97 Å². The third kappa shape index (κ3) is 2.72. The minimum absolute atomic E-state index is 0.0157. The molecule has 1 fully saturated rings. The van der Waals surface area contributed by atoms with Crippen molar-refractivity contribution < 1.29 is 9.72 Å². The summed E-state index contributed by atoms with van der Waals surface area (Å²) in [5, 5.41) is 11.2. The Morgan fingerprint density at radius 1 is 1.24 bits per heavy atom. The molecule has 0 unspecified atom stereocenters. The molecule has 1 aromatic carbocycles. The summed E-state index contributed by atoms with van der Waals surface area (Å²) in [6.07, 6.45) is 3.61. The number of carbonyl (C=O) groups is 1. The third-order valence-corrected chi connectivity index (χ3v) is 5.36. The second-order valence-corrected chi connectivity index (χ2v) is 7.23. The van der Waals surface area contributed by atoms with Gasteiger partial charge in [0.1, 0.15) is 5.65 Å². The van der Waals surface area contributed by atoms with Crippen molar-refractivity contribution in [1.29, 1.82) is 0 Å². The van der Waals surface area contributed by atoms with E-state index in [1.54, 1.807) is 6.07 Å². The van der Waals surface area contributed by atoms with Gasteiger partial charge in [-0.25, -0.2) is 9.78 Å². The Morgan fingerprint density at radius 2 is 2.03 bits per heavy atom. The quantitative estimate of drug-likeness (QED) is 0.530. The monoisotopic (exact) mass is 393 g/mol. The molecule has 1 saturated carbocycles. The number of nitrogens with zero attached hydrogens (tertiary/aromatic N) is 4. The molecule has 10 heteroatoms. The predicted octanol–water partition coefficient (Wildman–Crippen LogP) is 1.53. The number of amides is 1. The first-order valence-electron chi connectivity index (χ1n) is 9.18. The number of fused-ring (bicyclic) bond motifs is 2. The highest BCUT2D eigenvalue weighted by Crippen LogP contribution is 2.35. The van der Waals surface area contributed by atoms with Gasteiger partial charge in [0.05, 0.1) is 21.6 Å². The van der Waals surface area contributed by atoms with Gasteiger partial charge in [-0.2, -0.15) is 0 Å². The van der Waals surface area contributed by atoms with Crippen LogP contribution < -0.4 is 16.1 Å². The summed E-state index contributed by atoms with van der Waals surface area (Å²) in [5.74, 6) is -0.401. The highest BCUT2D eigenvalue weighted by atomic mass is 16.6. The molecule has 10 nitrogen and oxygen atoms in total. The summed E-state index contributed by atoms with van der Waals surface area (Å²) >= 11 is 0. The maximum absolute atomic E-state index is 13.1. The first kappa shape index (κ1) is 17.3. The van der Waals surface area contributed by atoms with Crippen molar-refractivity contribution in [3.63, 3.8) is 0 Å². The van der Waals surface area contributed by atoms with E-state index >= 15 is 0 Å². The number of rotatable bonds is 3. The first-order valence-corrected chi connectivity index (χ1v) is 9.18. The van der Waals surface area contributed by atoms with Crippen LogP contribution in [0.25, 0.3) is 11.0 Å². The molecule has 3 heterocycles. The van der Waals surface area contributed by atoms with E-state index in [4.69, 9.17) is 0 Å². The number of hydrogen-bond donors (Lipinski definition) is 1. The smallest absolute Gasteiger partial charge is 0.307 e. The third-order valence-electron chi connectivity index (χ3n) is 5.36. The average Bonchev–Trinajstić information content (AvgIpc) is 3.44. The predicted molar refractivity (Wildman–Crippen MR) is 103 cm³/mol. The van der Waals surface area contributed by atoms with Crippen molar-refractivity contribution in [2.45, 2.75) is 25.3 Å². The number of benzene rings is 1. The molecule has 146 valence electrons. The average molecular weight is 393 g/mol. The summed E-state index contributed by atoms with van der Waals surface area (Å²) < 4.78 is 1.46. The van der Waals surface area contributed by atoms with Gasteiger partial charge in [-0.3, -0.25) is 29.3 Å². The van der Waals surface area contributed by atoms with Crippen LogP contribution in [0.15, 0.2) is 40.1 Å². The lowest BCUT2D eigenvalue weighted by molar-refractivity contribution is -0.384. The molecule has 1 aliphatic carbocycles. The molecule has 5 rings (SSSR count). The van der Waals surface area contributed by atoms with Crippen LogP contribution in [0.3, 0.4) is 0 Å². The number of nitro groups is 1. The fraction of sp³-hybridized carbons (Fsp3) is 0.263. The molecule has 0 atom stereocenters. The molecule has 2 aliphatic rings. The van der Waals surface area contributed by atoms with Gasteiger partial charge in [-0.05, 0) is 30.9 Å². The minimum atomic E-state index is -0.596. The number of aromatic nitrogens is 3. The highest BCUT2D eigenvalue weighted by Gasteiger charge is 2.30. The second-order valence-electron chi connectivity index (χ2n) is 7.23. The highest BCUT2D eigenvalue weighted by molar-refractivity contribution is 6.08. The number of nitro benzene ring substituents is 1. The van der Waals surface area contributed by atoms with Crippen LogP contribution in [0, 0.1) is 10.1 Å². The molecule has 0 radical (unpaired) electrons. The lowest BCUT2D eigenvalue weighted by Crippen LogP contribution is -2.32. The van der Waals surface area contributed by atoms with E-state index in [-0.39, 0.29) is 28.3 Å². The summed E-state index contributed by atoms with van der Waals surface area (Å²) in [6, 6.07) is 5.89. The molecule has 0 bridgehead atoms. The largest absolute Gasteiger partial charge is 0.330 e. The molecule has 1 amide bonds. The van der Waals surface area contributed by atoms with Crippen LogP contribution in [-0.4, -0.2) is 31.9 Å². The van der Waals surface area contributed by atoms with Crippen LogP contribution in [-0.2, 0) is 6.42 Å². The van der Waals surface area contributed by atoms with Crippen LogP contribution in [0.5, 0.6) is 0 Å². The van der Waals surface area contributed by atoms with E-state index < -0.39 is 22.1 Å². The van der Waals surface area contributed by atoms with Crippen molar-refractivity contribution in [1.82, 2.24) is 14.5 Å². The molecule has 1 N–H and O–H groups in total. The van der Waals surface area contributed by atoms with Crippen molar-refractivity contribution in [2.75, 3.05) is 11.4 Å². The van der Waals surface area contributed by atoms with E-state index in [9.17, 15) is 24.5 Å². The normalized spacial score (nSPS) is 15.5. The molecule has 1 aliphatic heterocycles. The lowest BCUT2D eigenvalue weighted by atomic mass is 10.1. The van der Waals surface area contributed by atoms with E-state index in [0.29, 0.717) is 18.7 Å². The summed E-state index contributed by atoms with van der Waals surface area (Å²) in [4.78, 5) is 56.1. The molecule has 29 heavy (non-hydrogen) atoms. The Kier molecular flexibility index (Phi) is 3.63. The van der Waals surface area contributed by atoms with Crippen molar-refractivity contribution in [3.8, 4) is 0 Å². The zero-order valence-corrected chi connectivity index (χ0v) is 15.1. The summed E-state index contributed by atoms with van der Waals surface area (Å²) in [7, 11) is 0. The Bertz CT molecular complexity index is 1320. The van der Waals surface area contributed by atoms with E-state index in [1.807, 2.05) is 0 Å². The number of H-pyrrole nitrogens is 1. The lowest BCUT2D eigenvalue weighted by Gasteiger charge is -2.17. The number of non-ortho nitro benzene ring substituents is 1. The fourth-order valence-corrected chi connectivity index (χ4v) is 3.77. The number of carbonyl (C=O) groups excluding carboxylic acids is 1. The Morgan fingerprint density at radius 3 is 2.76 bits per heavy atom. The van der Waals surface area contributed by atoms with Gasteiger partial charge in [0.25, 0.3) is 17.2 Å². The topological polar surface area (TPSA) is 131 Å². The zero-order chi connectivity index (χ0) is 20.3. The van der Waals surface area contributed by atoms with Gasteiger partial charge in [-0.1, -0.05) is 6.07 Å². The molecular weight excluding hydrogens is 378 g/mol. The van der Waals surface area contributed by atoms with Gasteiger partial charge in [0.2, 0.25) is 0 Å². The zero-order valence-electron chi connectivity index (χ0n) is 15.1. The molecular formula is C19H15N5O5. The fourth-order valence-electron chi connectivity index (χ4n) is 3.77. The molecule has 3 aromatic rings. The van der Waals surface area contributed by atoms with Gasteiger partial charge in [0.15, 0.2) is 0 Å². The van der Waals surface area contributed by atoms with E-state index in [1.165, 1.54) is 33.9 Å². The van der Waals surface area contributed by atoms with Gasteiger partial charge in [-0.15, -0.1) is 0 Å². The Balaban J connectivity index is 1.58. The van der Waals surface area contributed by atoms with Crippen molar-refractivity contribution in [3.05, 3.63) is 72.5 Å². The number of aromatic amines is 1. The van der Waals surface area contributed by atoms with Gasteiger partial charge in [0, 0.05) is 30.9 Å². The molecule has 0 saturated heterocycles. The second kappa shape index (κ2) is 6.09. The first-order chi connectivity index (χ1) is 13.9. The van der Waals surface area contributed by atoms with E-state index in [0.717, 1.165) is 18.4 Å². The van der Waals surface area contributed by atoms with Crippen LogP contribution in [0.2, 0.25) is 0 Å². The maximum Gasteiger partial charge on any atom is 0.330 e. The SMILES string of the molecule is O=C(c1cnc2c(c1)c(=O)[nH]c(=O)n2C1CC1)N1CCc2ccc([N+](=O)[O-])cc21. The molecule has 2 aromatic heterocycles. The number of nitrogens with one attached hydrogen (secondary N) is 1. The minimum Gasteiger partial charge on any atom is -0.307 e. The van der Waals surface area contributed by atoms with Gasteiger partial charge < -0.3 is 4.90 Å². The summed E-state index contributed by atoms with van der Waals surface area (Å²) in [5.41, 5.74) is 0.585. The standard InChI is InChI=1S/C19H15N5O5/c25-17-14-7-11(9-20-16(14)23(12-3-4-12)19(27)21-17)18(26)22-6-5-10-1-2-13(24(28)29)8-15(10)22/h1-2,7-9,12H,3-6H2,(H,21,25,27). The number of pyridine rings is 1. The number of hydrogen-bond acceptors (Lipinski definition) is 6. The van der Waals surface area contributed by atoms with Gasteiger partial charge >= 0.3 is 5.69 Å². The molecule has 0 spiro atoms. The van der Waals surface area contributed by atoms with Crippen molar-refractivity contribution in [2.24, 2.45) is 0 Å². The van der Waals surface area contributed by atoms with Crippen LogP contribution in [0.4, 0.5) is 11.4 Å². The van der Waals surface area contributed by atoms with Crippen LogP contribution >= 0.6 is 0 Å². The number of anilines is 1. The Labute approximate surface area is 162 Å². The maximum atomic E-state index is 13.1. The van der Waals surface area contributed by atoms with Crippen molar-refractivity contribution >= 4 is 28.3 Å².